The number of halogens is 1. The van der Waals surface area contributed by atoms with Crippen LogP contribution in [0.15, 0.2) is 30.5 Å². The number of carbonyl (C=O) groups is 1. The van der Waals surface area contributed by atoms with Gasteiger partial charge in [-0.1, -0.05) is 18.2 Å². The van der Waals surface area contributed by atoms with Crippen molar-refractivity contribution in [3.63, 3.8) is 0 Å². The molecule has 2 aromatic rings. The summed E-state index contributed by atoms with van der Waals surface area (Å²) in [7, 11) is 0. The van der Waals surface area contributed by atoms with E-state index in [4.69, 9.17) is 5.26 Å². The minimum atomic E-state index is -0.896. The molecule has 7 heteroatoms. The molecule has 2 N–H and O–H groups in total. The summed E-state index contributed by atoms with van der Waals surface area (Å²) in [5.74, 6) is -0.513. The third-order valence-corrected chi connectivity index (χ3v) is 4.50. The Morgan fingerprint density at radius 1 is 1.36 bits per heavy atom. The van der Waals surface area contributed by atoms with E-state index in [1.54, 1.807) is 12.1 Å². The molecule has 0 spiro atoms. The Morgan fingerprint density at radius 2 is 2.12 bits per heavy atom. The van der Waals surface area contributed by atoms with E-state index in [0.29, 0.717) is 29.8 Å². The van der Waals surface area contributed by atoms with Crippen molar-refractivity contribution in [3.8, 4) is 6.07 Å². The van der Waals surface area contributed by atoms with Gasteiger partial charge in [-0.05, 0) is 42.7 Å². The molecule has 1 heterocycles. The molecule has 3 rings (SSSR count). The Labute approximate surface area is 144 Å². The lowest BCUT2D eigenvalue weighted by Gasteiger charge is -2.36. The summed E-state index contributed by atoms with van der Waals surface area (Å²) in [6.07, 6.45) is 3.67. The van der Waals surface area contributed by atoms with Crippen LogP contribution in [0.5, 0.6) is 0 Å². The van der Waals surface area contributed by atoms with Crippen molar-refractivity contribution in [1.29, 1.82) is 5.26 Å². The van der Waals surface area contributed by atoms with Gasteiger partial charge in [0.05, 0.1) is 11.8 Å². The first kappa shape index (κ1) is 16.8. The van der Waals surface area contributed by atoms with Gasteiger partial charge in [0.15, 0.2) is 11.5 Å². The molecule has 0 radical (unpaired) electrons. The minimum Gasteiger partial charge on any atom is -0.478 e. The molecule has 0 bridgehead atoms. The first-order valence-corrected chi connectivity index (χ1v) is 8.04. The average Bonchev–Trinajstić information content (AvgIpc) is 2.57. The fourth-order valence-electron chi connectivity index (χ4n) is 3.24. The van der Waals surface area contributed by atoms with Gasteiger partial charge in [-0.2, -0.15) is 9.65 Å². The van der Waals surface area contributed by atoms with E-state index < -0.39 is 11.9 Å². The number of nitriles is 1. The molecular weight excluding hydrogens is 323 g/mol. The number of benzene rings is 1. The summed E-state index contributed by atoms with van der Waals surface area (Å²) in [5.41, 5.74) is 1.18. The summed E-state index contributed by atoms with van der Waals surface area (Å²) >= 11 is 0. The van der Waals surface area contributed by atoms with Crippen LogP contribution in [0, 0.1) is 29.1 Å². The number of nitrogens with zero attached hydrogens (tertiary/aromatic N) is 3. The number of aromatic carboxylic acids is 1. The molecule has 0 atom stereocenters. The number of carboxylic acid groups (broad SMARTS) is 1. The van der Waals surface area contributed by atoms with Crippen LogP contribution < -0.4 is 5.32 Å². The SMILES string of the molecule is N#Cc1nc(F)cnc1NCC1CC(Cc2ccccc2C(=O)O)C1. The molecule has 0 amide bonds. The Bertz CT molecular complexity index is 828. The molecule has 128 valence electrons. The molecule has 1 aromatic carbocycles. The van der Waals surface area contributed by atoms with Crippen LogP contribution in [0.3, 0.4) is 0 Å². The normalized spacial score (nSPS) is 18.9. The summed E-state index contributed by atoms with van der Waals surface area (Å²) < 4.78 is 13.0. The highest BCUT2D eigenvalue weighted by molar-refractivity contribution is 5.89. The fourth-order valence-corrected chi connectivity index (χ4v) is 3.24. The number of nitrogens with one attached hydrogen (secondary N) is 1. The second-order valence-electron chi connectivity index (χ2n) is 6.25. The van der Waals surface area contributed by atoms with Gasteiger partial charge in [-0.25, -0.2) is 14.8 Å². The van der Waals surface area contributed by atoms with E-state index in [1.807, 2.05) is 18.2 Å². The van der Waals surface area contributed by atoms with Crippen molar-refractivity contribution < 1.29 is 14.3 Å². The first-order chi connectivity index (χ1) is 12.1. The maximum absolute atomic E-state index is 13.0. The molecule has 1 aliphatic rings. The molecular formula is C18H17FN4O2. The third-order valence-electron chi connectivity index (χ3n) is 4.50. The number of aromatic nitrogens is 2. The number of anilines is 1. The maximum Gasteiger partial charge on any atom is 0.335 e. The number of rotatable bonds is 6. The maximum atomic E-state index is 13.0. The topological polar surface area (TPSA) is 98.9 Å². The molecule has 1 aliphatic carbocycles. The molecule has 0 saturated heterocycles. The second kappa shape index (κ2) is 7.26. The standard InChI is InChI=1S/C18H17FN4O2/c19-16-10-22-17(15(8-20)23-16)21-9-12-5-11(6-12)7-13-3-1-2-4-14(13)18(24)25/h1-4,10-12H,5-7,9H2,(H,21,22)(H,24,25). The second-order valence-corrected chi connectivity index (χ2v) is 6.25. The smallest absolute Gasteiger partial charge is 0.335 e. The summed E-state index contributed by atoms with van der Waals surface area (Å²) in [6.45, 7) is 0.631. The molecule has 6 nitrogen and oxygen atoms in total. The predicted octanol–water partition coefficient (Wildman–Crippen LogP) is 2.87. The van der Waals surface area contributed by atoms with E-state index in [9.17, 15) is 14.3 Å². The van der Waals surface area contributed by atoms with Crippen molar-refractivity contribution in [2.45, 2.75) is 19.3 Å². The zero-order valence-corrected chi connectivity index (χ0v) is 13.4. The summed E-state index contributed by atoms with van der Waals surface area (Å²) in [6, 6.07) is 8.91. The van der Waals surface area contributed by atoms with Crippen molar-refractivity contribution in [2.75, 3.05) is 11.9 Å². The van der Waals surface area contributed by atoms with Gasteiger partial charge in [0, 0.05) is 6.54 Å². The number of hydrogen-bond acceptors (Lipinski definition) is 5. The fraction of sp³-hybridized carbons (Fsp3) is 0.333. The van der Waals surface area contributed by atoms with Gasteiger partial charge in [-0.15, -0.1) is 0 Å². The Kier molecular flexibility index (Phi) is 4.89. The van der Waals surface area contributed by atoms with E-state index in [-0.39, 0.29) is 5.69 Å². The molecule has 1 fully saturated rings. The number of carboxylic acids is 1. The van der Waals surface area contributed by atoms with Crippen LogP contribution in [0.2, 0.25) is 0 Å². The van der Waals surface area contributed by atoms with E-state index in [0.717, 1.165) is 31.0 Å². The van der Waals surface area contributed by atoms with Gasteiger partial charge >= 0.3 is 5.97 Å². The number of hydrogen-bond donors (Lipinski definition) is 2. The van der Waals surface area contributed by atoms with Crippen molar-refractivity contribution in [3.05, 3.63) is 53.2 Å². The Hall–Kier alpha value is -3.01. The van der Waals surface area contributed by atoms with E-state index >= 15 is 0 Å². The van der Waals surface area contributed by atoms with E-state index in [1.165, 1.54) is 0 Å². The van der Waals surface area contributed by atoms with Gasteiger partial charge in [0.1, 0.15) is 6.07 Å². The third kappa shape index (κ3) is 3.91. The highest BCUT2D eigenvalue weighted by Crippen LogP contribution is 2.36. The molecule has 1 aromatic heterocycles. The van der Waals surface area contributed by atoms with Crippen LogP contribution in [-0.4, -0.2) is 27.6 Å². The zero-order chi connectivity index (χ0) is 17.8. The quantitative estimate of drug-likeness (QED) is 0.839. The monoisotopic (exact) mass is 340 g/mol. The molecule has 1 saturated carbocycles. The van der Waals surface area contributed by atoms with Crippen LogP contribution >= 0.6 is 0 Å². The highest BCUT2D eigenvalue weighted by atomic mass is 19.1. The first-order valence-electron chi connectivity index (χ1n) is 8.04. The summed E-state index contributed by atoms with van der Waals surface area (Å²) in [4.78, 5) is 18.6. The minimum absolute atomic E-state index is 0.0498. The average molecular weight is 340 g/mol. The zero-order valence-electron chi connectivity index (χ0n) is 13.4. The largest absolute Gasteiger partial charge is 0.478 e. The van der Waals surface area contributed by atoms with Crippen LogP contribution in [0.1, 0.15) is 34.5 Å². The Morgan fingerprint density at radius 3 is 2.84 bits per heavy atom. The van der Waals surface area contributed by atoms with Gasteiger partial charge in [0.25, 0.3) is 0 Å². The van der Waals surface area contributed by atoms with Gasteiger partial charge in [-0.3, -0.25) is 0 Å². The van der Waals surface area contributed by atoms with Crippen LogP contribution in [0.4, 0.5) is 10.2 Å². The molecule has 25 heavy (non-hydrogen) atoms. The van der Waals surface area contributed by atoms with Crippen molar-refractivity contribution >= 4 is 11.8 Å². The van der Waals surface area contributed by atoms with Crippen molar-refractivity contribution in [2.24, 2.45) is 11.8 Å². The lowest BCUT2D eigenvalue weighted by molar-refractivity contribution is 0.0695. The molecule has 0 unspecified atom stereocenters. The lowest BCUT2D eigenvalue weighted by atomic mass is 9.71. The summed E-state index contributed by atoms with van der Waals surface area (Å²) in [5, 5.41) is 21.2. The lowest BCUT2D eigenvalue weighted by Crippen LogP contribution is -2.31. The van der Waals surface area contributed by atoms with Gasteiger partial charge in [0.2, 0.25) is 5.95 Å². The van der Waals surface area contributed by atoms with Crippen LogP contribution in [0.25, 0.3) is 0 Å². The highest BCUT2D eigenvalue weighted by Gasteiger charge is 2.30. The van der Waals surface area contributed by atoms with Crippen LogP contribution in [-0.2, 0) is 6.42 Å². The van der Waals surface area contributed by atoms with Crippen molar-refractivity contribution in [1.82, 2.24) is 9.97 Å². The molecule has 0 aliphatic heterocycles. The van der Waals surface area contributed by atoms with E-state index in [2.05, 4.69) is 15.3 Å². The van der Waals surface area contributed by atoms with Gasteiger partial charge < -0.3 is 10.4 Å². The predicted molar refractivity (Wildman–Crippen MR) is 88.5 cm³/mol. The Balaban J connectivity index is 1.51.